The van der Waals surface area contributed by atoms with E-state index in [1.807, 2.05) is 13.8 Å². The summed E-state index contributed by atoms with van der Waals surface area (Å²) in [5.41, 5.74) is 1.10. The van der Waals surface area contributed by atoms with Gasteiger partial charge in [0.25, 0.3) is 5.91 Å². The molecule has 2 N–H and O–H groups in total. The second-order valence-electron chi connectivity index (χ2n) is 6.76. The fourth-order valence-corrected chi connectivity index (χ4v) is 2.83. The molecule has 0 radical (unpaired) electrons. The minimum absolute atomic E-state index is 0.148. The smallest absolute Gasteiger partial charge is 0.251 e. The molecule has 0 aliphatic rings. The van der Waals surface area contributed by atoms with Crippen LogP contribution in [0, 0.1) is 5.92 Å². The third-order valence-corrected chi connectivity index (χ3v) is 4.31. The SMILES string of the molecule is CC(C)CNC(=O)c1cccc(NC(=O)CCCOc2ccc(Cl)cc2Cl)c1. The van der Waals surface area contributed by atoms with Crippen molar-refractivity contribution in [1.82, 2.24) is 5.32 Å². The van der Waals surface area contributed by atoms with Gasteiger partial charge in [0.1, 0.15) is 5.75 Å². The lowest BCUT2D eigenvalue weighted by Gasteiger charge is -2.10. The fourth-order valence-electron chi connectivity index (χ4n) is 2.37. The maximum absolute atomic E-state index is 12.1. The van der Waals surface area contributed by atoms with Crippen molar-refractivity contribution in [3.63, 3.8) is 0 Å². The summed E-state index contributed by atoms with van der Waals surface area (Å²) in [7, 11) is 0. The van der Waals surface area contributed by atoms with Crippen molar-refractivity contribution in [3.8, 4) is 5.75 Å². The van der Waals surface area contributed by atoms with Gasteiger partial charge in [0.2, 0.25) is 5.91 Å². The number of halogens is 2. The Hall–Kier alpha value is -2.24. The number of hydrogen-bond donors (Lipinski definition) is 2. The second kappa shape index (κ2) is 10.9. The molecular formula is C21H24Cl2N2O3. The Morgan fingerprint density at radius 1 is 1.11 bits per heavy atom. The van der Waals surface area contributed by atoms with E-state index >= 15 is 0 Å². The van der Waals surface area contributed by atoms with Gasteiger partial charge in [-0.3, -0.25) is 9.59 Å². The van der Waals surface area contributed by atoms with Crippen molar-refractivity contribution in [3.05, 3.63) is 58.1 Å². The first-order valence-electron chi connectivity index (χ1n) is 9.11. The number of ether oxygens (including phenoxy) is 1. The molecule has 2 aromatic carbocycles. The van der Waals surface area contributed by atoms with Gasteiger partial charge in [0, 0.05) is 29.2 Å². The predicted molar refractivity (Wildman–Crippen MR) is 113 cm³/mol. The van der Waals surface area contributed by atoms with Crippen LogP contribution in [0.2, 0.25) is 10.0 Å². The molecule has 0 unspecified atom stereocenters. The number of rotatable bonds is 9. The van der Waals surface area contributed by atoms with Crippen LogP contribution in [0.25, 0.3) is 0 Å². The maximum atomic E-state index is 12.1. The number of hydrogen-bond acceptors (Lipinski definition) is 3. The Kier molecular flexibility index (Phi) is 8.61. The van der Waals surface area contributed by atoms with Gasteiger partial charge in [-0.2, -0.15) is 0 Å². The van der Waals surface area contributed by atoms with Crippen LogP contribution >= 0.6 is 23.2 Å². The molecule has 2 amide bonds. The minimum atomic E-state index is -0.155. The van der Waals surface area contributed by atoms with Gasteiger partial charge in [0.15, 0.2) is 0 Å². The van der Waals surface area contributed by atoms with Gasteiger partial charge in [-0.25, -0.2) is 0 Å². The zero-order valence-electron chi connectivity index (χ0n) is 15.9. The van der Waals surface area contributed by atoms with Gasteiger partial charge in [0.05, 0.1) is 11.6 Å². The Morgan fingerprint density at radius 2 is 1.89 bits per heavy atom. The van der Waals surface area contributed by atoms with Gasteiger partial charge in [-0.05, 0) is 48.7 Å². The number of carbonyl (C=O) groups is 2. The van der Waals surface area contributed by atoms with E-state index in [0.717, 1.165) is 0 Å². The zero-order valence-corrected chi connectivity index (χ0v) is 17.4. The molecule has 150 valence electrons. The Bertz CT molecular complexity index is 825. The summed E-state index contributed by atoms with van der Waals surface area (Å²) in [6.07, 6.45) is 0.814. The van der Waals surface area contributed by atoms with E-state index in [9.17, 15) is 9.59 Å². The molecule has 0 aromatic heterocycles. The lowest BCUT2D eigenvalue weighted by molar-refractivity contribution is -0.116. The molecule has 2 rings (SSSR count). The average molecular weight is 423 g/mol. The zero-order chi connectivity index (χ0) is 20.5. The lowest BCUT2D eigenvalue weighted by atomic mass is 10.1. The Morgan fingerprint density at radius 3 is 2.61 bits per heavy atom. The molecule has 0 saturated heterocycles. The molecule has 0 saturated carbocycles. The largest absolute Gasteiger partial charge is 0.492 e. The first-order valence-corrected chi connectivity index (χ1v) is 9.86. The summed E-state index contributed by atoms with van der Waals surface area (Å²) < 4.78 is 5.57. The highest BCUT2D eigenvalue weighted by Crippen LogP contribution is 2.27. The number of amides is 2. The molecule has 0 bridgehead atoms. The summed E-state index contributed by atoms with van der Waals surface area (Å²) in [5, 5.41) is 6.63. The third-order valence-electron chi connectivity index (χ3n) is 3.78. The number of benzene rings is 2. The molecule has 0 fully saturated rings. The molecule has 0 aliphatic heterocycles. The highest BCUT2D eigenvalue weighted by molar-refractivity contribution is 6.35. The molecule has 0 spiro atoms. The summed E-state index contributed by atoms with van der Waals surface area (Å²) in [6, 6.07) is 11.9. The van der Waals surface area contributed by atoms with Crippen molar-refractivity contribution < 1.29 is 14.3 Å². The number of carbonyl (C=O) groups excluding carboxylic acids is 2. The minimum Gasteiger partial charge on any atom is -0.492 e. The summed E-state index contributed by atoms with van der Waals surface area (Å²) in [4.78, 5) is 24.2. The second-order valence-corrected chi connectivity index (χ2v) is 7.60. The van der Waals surface area contributed by atoms with Gasteiger partial charge < -0.3 is 15.4 Å². The van der Waals surface area contributed by atoms with Gasteiger partial charge in [-0.15, -0.1) is 0 Å². The van der Waals surface area contributed by atoms with Crippen molar-refractivity contribution in [1.29, 1.82) is 0 Å². The van der Waals surface area contributed by atoms with Crippen molar-refractivity contribution in [2.45, 2.75) is 26.7 Å². The van der Waals surface area contributed by atoms with E-state index in [1.165, 1.54) is 0 Å². The van der Waals surface area contributed by atoms with Crippen molar-refractivity contribution in [2.75, 3.05) is 18.5 Å². The van der Waals surface area contributed by atoms with Gasteiger partial charge in [-0.1, -0.05) is 43.1 Å². The quantitative estimate of drug-likeness (QED) is 0.547. The van der Waals surface area contributed by atoms with Gasteiger partial charge >= 0.3 is 0 Å². The van der Waals surface area contributed by atoms with Crippen LogP contribution in [-0.2, 0) is 4.79 Å². The van der Waals surface area contributed by atoms with E-state index in [1.54, 1.807) is 42.5 Å². The van der Waals surface area contributed by atoms with Crippen LogP contribution in [0.5, 0.6) is 5.75 Å². The van der Waals surface area contributed by atoms with Crippen LogP contribution in [0.15, 0.2) is 42.5 Å². The van der Waals surface area contributed by atoms with Crippen LogP contribution in [0.4, 0.5) is 5.69 Å². The first kappa shape index (κ1) is 22.1. The highest BCUT2D eigenvalue weighted by atomic mass is 35.5. The molecule has 0 heterocycles. The molecule has 5 nitrogen and oxygen atoms in total. The Balaban J connectivity index is 1.78. The normalized spacial score (nSPS) is 10.6. The fraction of sp³-hybridized carbons (Fsp3) is 0.333. The average Bonchev–Trinajstić information content (AvgIpc) is 2.64. The Labute approximate surface area is 175 Å². The van der Waals surface area contributed by atoms with E-state index in [2.05, 4.69) is 10.6 Å². The van der Waals surface area contributed by atoms with E-state index in [0.29, 0.717) is 52.5 Å². The van der Waals surface area contributed by atoms with E-state index < -0.39 is 0 Å². The topological polar surface area (TPSA) is 67.4 Å². The predicted octanol–water partition coefficient (Wildman–Crippen LogP) is 5.18. The molecule has 7 heteroatoms. The lowest BCUT2D eigenvalue weighted by Crippen LogP contribution is -2.27. The molecule has 0 aliphatic carbocycles. The molecular weight excluding hydrogens is 399 g/mol. The third kappa shape index (κ3) is 7.41. The summed E-state index contributed by atoms with van der Waals surface area (Å²) in [6.45, 7) is 5.02. The van der Waals surface area contributed by atoms with E-state index in [4.69, 9.17) is 27.9 Å². The van der Waals surface area contributed by atoms with Crippen molar-refractivity contribution >= 4 is 40.7 Å². The molecule has 0 atom stereocenters. The molecule has 2 aromatic rings. The van der Waals surface area contributed by atoms with Crippen LogP contribution in [0.3, 0.4) is 0 Å². The van der Waals surface area contributed by atoms with E-state index in [-0.39, 0.29) is 18.2 Å². The monoisotopic (exact) mass is 422 g/mol. The first-order chi connectivity index (χ1) is 13.3. The standard InChI is InChI=1S/C21H24Cl2N2O3/c1-14(2)13-24-21(27)15-5-3-6-17(11-15)25-20(26)7-4-10-28-19-9-8-16(22)12-18(19)23/h3,5-6,8-9,11-12,14H,4,7,10,13H2,1-2H3,(H,24,27)(H,25,26). The summed E-state index contributed by atoms with van der Waals surface area (Å²) in [5.74, 6) is 0.604. The van der Waals surface area contributed by atoms with Crippen LogP contribution in [0.1, 0.15) is 37.0 Å². The number of anilines is 1. The molecule has 28 heavy (non-hydrogen) atoms. The van der Waals surface area contributed by atoms with Crippen LogP contribution < -0.4 is 15.4 Å². The van der Waals surface area contributed by atoms with Crippen molar-refractivity contribution in [2.24, 2.45) is 5.92 Å². The van der Waals surface area contributed by atoms with Crippen LogP contribution in [-0.4, -0.2) is 25.0 Å². The highest BCUT2D eigenvalue weighted by Gasteiger charge is 2.09. The maximum Gasteiger partial charge on any atom is 0.251 e. The number of nitrogens with one attached hydrogen (secondary N) is 2. The summed E-state index contributed by atoms with van der Waals surface area (Å²) >= 11 is 11.9.